The molecule has 0 atom stereocenters. The number of hydrogen-bond acceptors (Lipinski definition) is 3. The van der Waals surface area contributed by atoms with Gasteiger partial charge in [-0.2, -0.15) is 0 Å². The van der Waals surface area contributed by atoms with E-state index in [4.69, 9.17) is 16.3 Å². The molecular formula is C9H14Cl2N2O. The Bertz CT molecular complexity index is 258. The summed E-state index contributed by atoms with van der Waals surface area (Å²) in [6.45, 7) is 2.26. The van der Waals surface area contributed by atoms with Crippen molar-refractivity contribution < 1.29 is 4.74 Å². The van der Waals surface area contributed by atoms with Crippen LogP contribution in [0, 0.1) is 0 Å². The Labute approximate surface area is 95.2 Å². The SMILES string of the molecule is COCCNCc1cccnc1Cl.Cl. The number of nitrogens with one attached hydrogen (secondary N) is 1. The van der Waals surface area contributed by atoms with Gasteiger partial charge in [-0.05, 0) is 6.07 Å². The van der Waals surface area contributed by atoms with Crippen LogP contribution in [0.1, 0.15) is 5.56 Å². The molecule has 0 saturated carbocycles. The van der Waals surface area contributed by atoms with Gasteiger partial charge in [0, 0.05) is 32.0 Å². The molecule has 14 heavy (non-hydrogen) atoms. The number of methoxy groups -OCH3 is 1. The van der Waals surface area contributed by atoms with E-state index in [1.165, 1.54) is 0 Å². The van der Waals surface area contributed by atoms with Crippen molar-refractivity contribution in [2.45, 2.75) is 6.54 Å². The standard InChI is InChI=1S/C9H13ClN2O.ClH/c1-13-6-5-11-7-8-3-2-4-12-9(8)10;/h2-4,11H,5-7H2,1H3;1H. The first-order valence-electron chi connectivity index (χ1n) is 4.13. The van der Waals surface area contributed by atoms with Crippen molar-refractivity contribution in [3.63, 3.8) is 0 Å². The summed E-state index contributed by atoms with van der Waals surface area (Å²) in [6, 6.07) is 3.83. The van der Waals surface area contributed by atoms with E-state index in [0.29, 0.717) is 11.8 Å². The summed E-state index contributed by atoms with van der Waals surface area (Å²) in [6.07, 6.45) is 1.68. The topological polar surface area (TPSA) is 34.1 Å². The predicted octanol–water partition coefficient (Wildman–Crippen LogP) is 1.89. The monoisotopic (exact) mass is 236 g/mol. The third-order valence-electron chi connectivity index (χ3n) is 1.63. The van der Waals surface area contributed by atoms with Gasteiger partial charge >= 0.3 is 0 Å². The average molecular weight is 237 g/mol. The van der Waals surface area contributed by atoms with Crippen molar-refractivity contribution in [1.29, 1.82) is 0 Å². The van der Waals surface area contributed by atoms with E-state index in [2.05, 4.69) is 10.3 Å². The second-order valence-electron chi connectivity index (χ2n) is 2.62. The summed E-state index contributed by atoms with van der Waals surface area (Å²) in [5.74, 6) is 0. The molecule has 5 heteroatoms. The summed E-state index contributed by atoms with van der Waals surface area (Å²) < 4.78 is 4.90. The van der Waals surface area contributed by atoms with Crippen LogP contribution in [-0.2, 0) is 11.3 Å². The highest BCUT2D eigenvalue weighted by molar-refractivity contribution is 6.30. The van der Waals surface area contributed by atoms with E-state index >= 15 is 0 Å². The molecule has 1 aromatic heterocycles. The molecule has 0 aromatic carbocycles. The van der Waals surface area contributed by atoms with E-state index in [9.17, 15) is 0 Å². The minimum Gasteiger partial charge on any atom is -0.383 e. The Kier molecular flexibility index (Phi) is 7.80. The third-order valence-corrected chi connectivity index (χ3v) is 1.98. The number of hydrogen-bond donors (Lipinski definition) is 1. The van der Waals surface area contributed by atoms with E-state index in [-0.39, 0.29) is 12.4 Å². The minimum absolute atomic E-state index is 0. The summed E-state index contributed by atoms with van der Waals surface area (Å²) in [4.78, 5) is 3.97. The van der Waals surface area contributed by atoms with Crippen LogP contribution in [0.5, 0.6) is 0 Å². The second kappa shape index (κ2) is 8.00. The molecule has 0 saturated heterocycles. The Hall–Kier alpha value is -0.350. The summed E-state index contributed by atoms with van der Waals surface area (Å²) in [5, 5.41) is 3.76. The molecule has 0 fully saturated rings. The summed E-state index contributed by atoms with van der Waals surface area (Å²) in [5.41, 5.74) is 1.01. The van der Waals surface area contributed by atoms with E-state index in [1.807, 2.05) is 12.1 Å². The fourth-order valence-corrected chi connectivity index (χ4v) is 1.13. The van der Waals surface area contributed by atoms with Gasteiger partial charge in [0.2, 0.25) is 0 Å². The highest BCUT2D eigenvalue weighted by Crippen LogP contribution is 2.10. The lowest BCUT2D eigenvalue weighted by Gasteiger charge is -2.04. The minimum atomic E-state index is 0. The van der Waals surface area contributed by atoms with Gasteiger partial charge in [0.05, 0.1) is 6.61 Å². The fourth-order valence-electron chi connectivity index (χ4n) is 0.948. The Morgan fingerprint density at radius 2 is 2.36 bits per heavy atom. The molecule has 0 aliphatic carbocycles. The van der Waals surface area contributed by atoms with Crippen LogP contribution in [0.2, 0.25) is 5.15 Å². The third kappa shape index (κ3) is 4.77. The van der Waals surface area contributed by atoms with Crippen LogP contribution < -0.4 is 5.32 Å². The smallest absolute Gasteiger partial charge is 0.133 e. The number of aromatic nitrogens is 1. The molecule has 0 radical (unpaired) electrons. The first-order chi connectivity index (χ1) is 6.34. The molecule has 1 heterocycles. The highest BCUT2D eigenvalue weighted by Gasteiger charge is 1.98. The number of rotatable bonds is 5. The molecule has 0 aliphatic rings. The lowest BCUT2D eigenvalue weighted by molar-refractivity contribution is 0.199. The maximum atomic E-state index is 5.85. The van der Waals surface area contributed by atoms with Gasteiger partial charge < -0.3 is 10.1 Å². The zero-order chi connectivity index (χ0) is 9.52. The largest absolute Gasteiger partial charge is 0.383 e. The van der Waals surface area contributed by atoms with Crippen molar-refractivity contribution in [2.75, 3.05) is 20.3 Å². The van der Waals surface area contributed by atoms with Crippen LogP contribution in [0.25, 0.3) is 0 Å². The molecule has 0 spiro atoms. The molecule has 0 amide bonds. The van der Waals surface area contributed by atoms with Gasteiger partial charge in [0.1, 0.15) is 5.15 Å². The lowest BCUT2D eigenvalue weighted by Crippen LogP contribution is -2.18. The van der Waals surface area contributed by atoms with Gasteiger partial charge in [-0.3, -0.25) is 0 Å². The van der Waals surface area contributed by atoms with Gasteiger partial charge in [-0.1, -0.05) is 17.7 Å². The van der Waals surface area contributed by atoms with Crippen LogP contribution >= 0.6 is 24.0 Å². The first-order valence-corrected chi connectivity index (χ1v) is 4.51. The van der Waals surface area contributed by atoms with Crippen LogP contribution in [0.3, 0.4) is 0 Å². The van der Waals surface area contributed by atoms with Crippen LogP contribution in [0.4, 0.5) is 0 Å². The van der Waals surface area contributed by atoms with Crippen LogP contribution in [-0.4, -0.2) is 25.2 Å². The number of ether oxygens (including phenoxy) is 1. The molecule has 1 rings (SSSR count). The van der Waals surface area contributed by atoms with Gasteiger partial charge in [-0.25, -0.2) is 4.98 Å². The van der Waals surface area contributed by atoms with Crippen molar-refractivity contribution in [3.8, 4) is 0 Å². The molecule has 80 valence electrons. The Balaban J connectivity index is 0.00000169. The molecule has 3 nitrogen and oxygen atoms in total. The predicted molar refractivity (Wildman–Crippen MR) is 60.1 cm³/mol. The quantitative estimate of drug-likeness (QED) is 0.627. The van der Waals surface area contributed by atoms with E-state index in [0.717, 1.165) is 18.7 Å². The molecular weight excluding hydrogens is 223 g/mol. The van der Waals surface area contributed by atoms with E-state index < -0.39 is 0 Å². The molecule has 1 aromatic rings. The van der Waals surface area contributed by atoms with Crippen molar-refractivity contribution in [1.82, 2.24) is 10.3 Å². The van der Waals surface area contributed by atoms with E-state index in [1.54, 1.807) is 13.3 Å². The maximum absolute atomic E-state index is 5.85. The van der Waals surface area contributed by atoms with Gasteiger partial charge in [-0.15, -0.1) is 12.4 Å². The summed E-state index contributed by atoms with van der Waals surface area (Å²) >= 11 is 5.85. The van der Waals surface area contributed by atoms with Gasteiger partial charge in [0.15, 0.2) is 0 Å². The molecule has 1 N–H and O–H groups in total. The normalized spacial score (nSPS) is 9.57. The Morgan fingerprint density at radius 3 is 3.00 bits per heavy atom. The Morgan fingerprint density at radius 1 is 1.57 bits per heavy atom. The van der Waals surface area contributed by atoms with Crippen molar-refractivity contribution in [2.24, 2.45) is 0 Å². The maximum Gasteiger partial charge on any atom is 0.133 e. The number of halogens is 2. The van der Waals surface area contributed by atoms with Gasteiger partial charge in [0.25, 0.3) is 0 Å². The molecule has 0 aliphatic heterocycles. The van der Waals surface area contributed by atoms with Crippen molar-refractivity contribution >= 4 is 24.0 Å². The van der Waals surface area contributed by atoms with Crippen molar-refractivity contribution in [3.05, 3.63) is 29.0 Å². The average Bonchev–Trinajstić information content (AvgIpc) is 2.15. The van der Waals surface area contributed by atoms with Crippen LogP contribution in [0.15, 0.2) is 18.3 Å². The first kappa shape index (κ1) is 13.7. The molecule has 0 bridgehead atoms. The zero-order valence-electron chi connectivity index (χ0n) is 8.00. The number of pyridine rings is 1. The second-order valence-corrected chi connectivity index (χ2v) is 2.98. The molecule has 0 unspecified atom stereocenters. The lowest BCUT2D eigenvalue weighted by atomic mass is 10.3. The fraction of sp³-hybridized carbons (Fsp3) is 0.444. The number of nitrogens with zero attached hydrogens (tertiary/aromatic N) is 1. The highest BCUT2D eigenvalue weighted by atomic mass is 35.5. The summed E-state index contributed by atoms with van der Waals surface area (Å²) in [7, 11) is 1.68. The zero-order valence-corrected chi connectivity index (χ0v) is 9.57.